The first kappa shape index (κ1) is 12.4. The van der Waals surface area contributed by atoms with E-state index in [2.05, 4.69) is 14.8 Å². The zero-order valence-corrected chi connectivity index (χ0v) is 9.44. The molecule has 84 valence electrons. The van der Waals surface area contributed by atoms with Gasteiger partial charge in [-0.05, 0) is 23.6 Å². The Labute approximate surface area is 97.6 Å². The lowest BCUT2D eigenvalue weighted by molar-refractivity contribution is -0.140. The van der Waals surface area contributed by atoms with Crippen molar-refractivity contribution in [1.29, 1.82) is 0 Å². The van der Waals surface area contributed by atoms with Crippen LogP contribution in [-0.2, 0) is 16.0 Å². The fraction of sp³-hybridized carbons (Fsp3) is 0.300. The van der Waals surface area contributed by atoms with Crippen LogP contribution in [0.15, 0.2) is 23.3 Å². The molecule has 0 aliphatic carbocycles. The average Bonchev–Trinajstić information content (AvgIpc) is 2.28. The Morgan fingerprint density at radius 2 is 2.38 bits per heavy atom. The second-order valence-corrected chi connectivity index (χ2v) is 3.41. The lowest BCUT2D eigenvalue weighted by Crippen LogP contribution is -2.02. The highest BCUT2D eigenvalue weighted by molar-refractivity contribution is 6.31. The predicted octanol–water partition coefficient (Wildman–Crippen LogP) is 3.39. The van der Waals surface area contributed by atoms with Crippen LogP contribution in [0.4, 0.5) is 5.69 Å². The molecule has 6 heteroatoms. The summed E-state index contributed by atoms with van der Waals surface area (Å²) in [5.74, 6) is -0.327. The Morgan fingerprint density at radius 3 is 3.00 bits per heavy atom. The van der Waals surface area contributed by atoms with Gasteiger partial charge in [0, 0.05) is 22.0 Å². The van der Waals surface area contributed by atoms with Gasteiger partial charge in [0.15, 0.2) is 0 Å². The van der Waals surface area contributed by atoms with E-state index < -0.39 is 0 Å². The van der Waals surface area contributed by atoms with Gasteiger partial charge >= 0.3 is 5.97 Å². The van der Waals surface area contributed by atoms with E-state index in [4.69, 9.17) is 17.1 Å². The van der Waals surface area contributed by atoms with Crippen LogP contribution in [0.3, 0.4) is 0 Å². The van der Waals surface area contributed by atoms with Gasteiger partial charge in [-0.2, -0.15) is 0 Å². The fourth-order valence-electron chi connectivity index (χ4n) is 1.27. The summed E-state index contributed by atoms with van der Waals surface area (Å²) in [6.45, 7) is 0. The normalized spacial score (nSPS) is 9.38. The first-order valence-corrected chi connectivity index (χ1v) is 4.96. The van der Waals surface area contributed by atoms with E-state index in [0.717, 1.165) is 0 Å². The first-order valence-electron chi connectivity index (χ1n) is 4.58. The number of halogens is 1. The van der Waals surface area contributed by atoms with Gasteiger partial charge in [-0.15, -0.1) is 0 Å². The molecular formula is C10H10ClN3O2. The monoisotopic (exact) mass is 239 g/mol. The molecular weight excluding hydrogens is 230 g/mol. The van der Waals surface area contributed by atoms with Crippen molar-refractivity contribution in [3.05, 3.63) is 39.2 Å². The number of nitrogens with zero attached hydrogens (tertiary/aromatic N) is 3. The quantitative estimate of drug-likeness (QED) is 0.350. The number of rotatable bonds is 4. The van der Waals surface area contributed by atoms with Gasteiger partial charge in [-0.25, -0.2) is 0 Å². The van der Waals surface area contributed by atoms with Crippen molar-refractivity contribution in [2.24, 2.45) is 5.11 Å². The van der Waals surface area contributed by atoms with Crippen molar-refractivity contribution in [3.63, 3.8) is 0 Å². The number of benzene rings is 1. The highest BCUT2D eigenvalue weighted by atomic mass is 35.5. The molecule has 0 radical (unpaired) electrons. The summed E-state index contributed by atoms with van der Waals surface area (Å²) >= 11 is 5.96. The molecule has 1 aromatic rings. The van der Waals surface area contributed by atoms with Crippen LogP contribution in [-0.4, -0.2) is 13.1 Å². The topological polar surface area (TPSA) is 75.1 Å². The van der Waals surface area contributed by atoms with E-state index in [1.807, 2.05) is 0 Å². The van der Waals surface area contributed by atoms with E-state index in [9.17, 15) is 4.79 Å². The molecule has 0 heterocycles. The largest absolute Gasteiger partial charge is 0.469 e. The Balaban J connectivity index is 2.92. The highest BCUT2D eigenvalue weighted by Crippen LogP contribution is 2.28. The number of methoxy groups -OCH3 is 1. The van der Waals surface area contributed by atoms with Crippen molar-refractivity contribution in [3.8, 4) is 0 Å². The van der Waals surface area contributed by atoms with Crippen molar-refractivity contribution in [1.82, 2.24) is 0 Å². The van der Waals surface area contributed by atoms with Gasteiger partial charge in [0.1, 0.15) is 0 Å². The van der Waals surface area contributed by atoms with Crippen LogP contribution in [0.1, 0.15) is 12.0 Å². The molecule has 5 nitrogen and oxygen atoms in total. The molecule has 0 atom stereocenters. The van der Waals surface area contributed by atoms with Gasteiger partial charge in [0.2, 0.25) is 0 Å². The summed E-state index contributed by atoms with van der Waals surface area (Å²) < 4.78 is 4.53. The summed E-state index contributed by atoms with van der Waals surface area (Å²) in [5.41, 5.74) is 9.49. The molecule has 0 amide bonds. The third-order valence-corrected chi connectivity index (χ3v) is 2.41. The van der Waals surface area contributed by atoms with Crippen LogP contribution in [0.5, 0.6) is 0 Å². The molecule has 0 saturated heterocycles. The SMILES string of the molecule is COC(=O)CCc1c(Cl)cccc1N=[N+]=[N-]. The van der Waals surface area contributed by atoms with Gasteiger partial charge < -0.3 is 4.74 Å². The zero-order chi connectivity index (χ0) is 12.0. The molecule has 0 saturated carbocycles. The van der Waals surface area contributed by atoms with Crippen LogP contribution < -0.4 is 0 Å². The predicted molar refractivity (Wildman–Crippen MR) is 60.6 cm³/mol. The summed E-state index contributed by atoms with van der Waals surface area (Å²) in [7, 11) is 1.32. The van der Waals surface area contributed by atoms with E-state index in [1.165, 1.54) is 7.11 Å². The third-order valence-electron chi connectivity index (χ3n) is 2.05. The van der Waals surface area contributed by atoms with Crippen LogP contribution in [0, 0.1) is 0 Å². The zero-order valence-electron chi connectivity index (χ0n) is 8.68. The van der Waals surface area contributed by atoms with Crippen molar-refractivity contribution >= 4 is 23.3 Å². The first-order chi connectivity index (χ1) is 7.69. The molecule has 16 heavy (non-hydrogen) atoms. The minimum atomic E-state index is -0.327. The van der Waals surface area contributed by atoms with Crippen LogP contribution in [0.25, 0.3) is 10.4 Å². The lowest BCUT2D eigenvalue weighted by Gasteiger charge is -2.06. The molecule has 0 fully saturated rings. The van der Waals surface area contributed by atoms with Crippen LogP contribution >= 0.6 is 11.6 Å². The van der Waals surface area contributed by atoms with Crippen molar-refractivity contribution in [2.45, 2.75) is 12.8 Å². The lowest BCUT2D eigenvalue weighted by atomic mass is 10.1. The van der Waals surface area contributed by atoms with Gasteiger partial charge in [0.25, 0.3) is 0 Å². The Kier molecular flexibility index (Phi) is 4.64. The molecule has 1 rings (SSSR count). The van der Waals surface area contributed by atoms with E-state index in [0.29, 0.717) is 22.7 Å². The number of hydrogen-bond acceptors (Lipinski definition) is 3. The smallest absolute Gasteiger partial charge is 0.305 e. The molecule has 0 aromatic heterocycles. The summed E-state index contributed by atoms with van der Waals surface area (Å²) in [5, 5.41) is 4.00. The highest BCUT2D eigenvalue weighted by Gasteiger charge is 2.08. The second kappa shape index (κ2) is 6.00. The Hall–Kier alpha value is -1.71. The molecule has 0 N–H and O–H groups in total. The van der Waals surface area contributed by atoms with E-state index in [-0.39, 0.29) is 12.4 Å². The molecule has 1 aromatic carbocycles. The third kappa shape index (κ3) is 3.15. The molecule has 0 aliphatic heterocycles. The molecule has 0 spiro atoms. The standard InChI is InChI=1S/C10H10ClN3O2/c1-16-10(15)6-5-7-8(11)3-2-4-9(7)13-14-12/h2-4H,5-6H2,1H3. The van der Waals surface area contributed by atoms with Gasteiger partial charge in [-0.1, -0.05) is 28.8 Å². The van der Waals surface area contributed by atoms with Crippen molar-refractivity contribution in [2.75, 3.05) is 7.11 Å². The fourth-order valence-corrected chi connectivity index (χ4v) is 1.53. The second-order valence-electron chi connectivity index (χ2n) is 3.00. The number of hydrogen-bond donors (Lipinski definition) is 0. The minimum absolute atomic E-state index is 0.203. The Morgan fingerprint density at radius 1 is 1.62 bits per heavy atom. The van der Waals surface area contributed by atoms with Gasteiger partial charge in [-0.3, -0.25) is 4.79 Å². The maximum atomic E-state index is 11.0. The minimum Gasteiger partial charge on any atom is -0.469 e. The van der Waals surface area contributed by atoms with Crippen molar-refractivity contribution < 1.29 is 9.53 Å². The van der Waals surface area contributed by atoms with Crippen LogP contribution in [0.2, 0.25) is 5.02 Å². The summed E-state index contributed by atoms with van der Waals surface area (Å²) in [6.07, 6.45) is 0.592. The number of carbonyl (C=O) groups excluding carboxylic acids is 1. The summed E-state index contributed by atoms with van der Waals surface area (Å²) in [4.78, 5) is 13.7. The average molecular weight is 240 g/mol. The number of azide groups is 1. The maximum absolute atomic E-state index is 11.0. The molecule has 0 unspecified atom stereocenters. The number of carbonyl (C=O) groups is 1. The maximum Gasteiger partial charge on any atom is 0.305 e. The molecule has 0 bridgehead atoms. The van der Waals surface area contributed by atoms with E-state index >= 15 is 0 Å². The van der Waals surface area contributed by atoms with E-state index in [1.54, 1.807) is 18.2 Å². The molecule has 0 aliphatic rings. The van der Waals surface area contributed by atoms with Gasteiger partial charge in [0.05, 0.1) is 7.11 Å². The number of ether oxygens (including phenoxy) is 1. The summed E-state index contributed by atoms with van der Waals surface area (Å²) in [6, 6.07) is 5.02. The number of esters is 1. The Bertz CT molecular complexity index is 442.